The second kappa shape index (κ2) is 10.2. The molecule has 0 spiro atoms. The van der Waals surface area contributed by atoms with Gasteiger partial charge in [-0.3, -0.25) is 4.99 Å². The molecule has 1 aliphatic carbocycles. The maximum atomic E-state index is 13.7. The molecule has 1 fully saturated rings. The maximum Gasteiger partial charge on any atom is 0.191 e. The van der Waals surface area contributed by atoms with E-state index in [1.165, 1.54) is 32.4 Å². The average molecular weight is 453 g/mol. The molecule has 2 rings (SSSR count). The van der Waals surface area contributed by atoms with Gasteiger partial charge >= 0.3 is 0 Å². The molecule has 1 aromatic carbocycles. The Balaban J connectivity index is 0.00000264. The van der Waals surface area contributed by atoms with Crippen molar-refractivity contribution in [3.63, 3.8) is 0 Å². The van der Waals surface area contributed by atoms with E-state index in [1.54, 1.807) is 13.1 Å². The predicted octanol–water partition coefficient (Wildman–Crippen LogP) is 3.40. The van der Waals surface area contributed by atoms with Gasteiger partial charge in [-0.25, -0.2) is 4.39 Å². The molecule has 4 nitrogen and oxygen atoms in total. The van der Waals surface area contributed by atoms with E-state index in [0.717, 1.165) is 16.8 Å². The van der Waals surface area contributed by atoms with Gasteiger partial charge in [0.25, 0.3) is 0 Å². The van der Waals surface area contributed by atoms with E-state index in [0.29, 0.717) is 12.6 Å². The first kappa shape index (κ1) is 20.3. The van der Waals surface area contributed by atoms with Crippen molar-refractivity contribution in [2.24, 2.45) is 4.99 Å². The smallest absolute Gasteiger partial charge is 0.191 e. The Bertz CT molecular complexity index is 530. The fourth-order valence-electron chi connectivity index (χ4n) is 2.68. The van der Waals surface area contributed by atoms with E-state index in [2.05, 4.69) is 21.9 Å². The van der Waals surface area contributed by atoms with Gasteiger partial charge in [0.2, 0.25) is 0 Å². The van der Waals surface area contributed by atoms with Crippen LogP contribution in [0.2, 0.25) is 0 Å². The first-order chi connectivity index (χ1) is 10.7. The van der Waals surface area contributed by atoms with Crippen molar-refractivity contribution in [2.45, 2.75) is 37.1 Å². The van der Waals surface area contributed by atoms with E-state index < -0.39 is 0 Å². The summed E-state index contributed by atoms with van der Waals surface area (Å²) in [5.74, 6) is 0.687. The van der Waals surface area contributed by atoms with Crippen molar-refractivity contribution in [2.75, 3.05) is 20.4 Å². The Morgan fingerprint density at radius 1 is 1.43 bits per heavy atom. The van der Waals surface area contributed by atoms with Gasteiger partial charge in [0, 0.05) is 24.9 Å². The number of thioether (sulfide) groups is 1. The fourth-order valence-corrected chi connectivity index (χ4v) is 3.48. The van der Waals surface area contributed by atoms with Gasteiger partial charge in [-0.2, -0.15) is 11.8 Å². The Kier molecular flexibility index (Phi) is 9.04. The highest BCUT2D eigenvalue weighted by atomic mass is 127. The lowest BCUT2D eigenvalue weighted by Crippen LogP contribution is -2.42. The number of rotatable bonds is 5. The standard InChI is InChI=1S/C16H24FN3OS.HI/c1-18-16(20-12-5-6-13(9-12)22-3)19-10-11-4-7-15(21-2)14(17)8-11;/h4,7-8,12-13H,5-6,9-10H2,1-3H3,(H2,18,19,20);1H. The fraction of sp³-hybridized carbons (Fsp3) is 0.562. The zero-order valence-corrected chi connectivity index (χ0v) is 16.9. The van der Waals surface area contributed by atoms with Crippen LogP contribution >= 0.6 is 35.7 Å². The summed E-state index contributed by atoms with van der Waals surface area (Å²) in [7, 11) is 3.22. The van der Waals surface area contributed by atoms with Crippen LogP contribution in [0.3, 0.4) is 0 Å². The Morgan fingerprint density at radius 2 is 2.22 bits per heavy atom. The van der Waals surface area contributed by atoms with Gasteiger partial charge in [0.05, 0.1) is 7.11 Å². The van der Waals surface area contributed by atoms with Crippen molar-refractivity contribution in [1.82, 2.24) is 10.6 Å². The highest BCUT2D eigenvalue weighted by Crippen LogP contribution is 2.28. The molecule has 0 aliphatic heterocycles. The van der Waals surface area contributed by atoms with Crippen LogP contribution in [0.5, 0.6) is 5.75 Å². The summed E-state index contributed by atoms with van der Waals surface area (Å²) >= 11 is 1.93. The summed E-state index contributed by atoms with van der Waals surface area (Å²) in [6.07, 6.45) is 5.75. The third-order valence-electron chi connectivity index (χ3n) is 3.96. The normalized spacial score (nSPS) is 20.8. The third-order valence-corrected chi connectivity index (χ3v) is 5.05. The second-order valence-electron chi connectivity index (χ2n) is 5.41. The monoisotopic (exact) mass is 453 g/mol. The minimum absolute atomic E-state index is 0. The van der Waals surface area contributed by atoms with Gasteiger partial charge in [-0.1, -0.05) is 6.07 Å². The number of benzene rings is 1. The number of nitrogens with zero attached hydrogens (tertiary/aromatic N) is 1. The van der Waals surface area contributed by atoms with Crippen LogP contribution in [-0.4, -0.2) is 37.7 Å². The van der Waals surface area contributed by atoms with E-state index in [1.807, 2.05) is 17.8 Å². The first-order valence-electron chi connectivity index (χ1n) is 7.48. The SMILES string of the molecule is CN=C(NCc1ccc(OC)c(F)c1)NC1CCC(SC)C1.I. The number of halogens is 2. The number of hydrogen-bond donors (Lipinski definition) is 2. The highest BCUT2D eigenvalue weighted by Gasteiger charge is 2.24. The Labute approximate surface area is 159 Å². The van der Waals surface area contributed by atoms with Crippen molar-refractivity contribution < 1.29 is 9.13 Å². The molecular weight excluding hydrogens is 428 g/mol. The lowest BCUT2D eigenvalue weighted by Gasteiger charge is -2.17. The summed E-state index contributed by atoms with van der Waals surface area (Å²) < 4.78 is 18.6. The molecule has 1 saturated carbocycles. The molecule has 0 aromatic heterocycles. The summed E-state index contributed by atoms with van der Waals surface area (Å²) in [5, 5.41) is 7.42. The van der Waals surface area contributed by atoms with Crippen LogP contribution in [0.25, 0.3) is 0 Å². The number of methoxy groups -OCH3 is 1. The van der Waals surface area contributed by atoms with Gasteiger partial charge in [0.1, 0.15) is 0 Å². The van der Waals surface area contributed by atoms with Crippen molar-refractivity contribution >= 4 is 41.7 Å². The minimum atomic E-state index is -0.344. The molecule has 0 amide bonds. The van der Waals surface area contributed by atoms with E-state index >= 15 is 0 Å². The molecule has 1 aromatic rings. The lowest BCUT2D eigenvalue weighted by atomic mass is 10.2. The zero-order valence-electron chi connectivity index (χ0n) is 13.8. The summed E-state index contributed by atoms with van der Waals surface area (Å²) in [6, 6.07) is 5.44. The summed E-state index contributed by atoms with van der Waals surface area (Å²) in [5.41, 5.74) is 0.856. The van der Waals surface area contributed by atoms with Crippen LogP contribution in [0.4, 0.5) is 4.39 Å². The Morgan fingerprint density at radius 3 is 2.78 bits per heavy atom. The molecule has 0 bridgehead atoms. The molecule has 0 radical (unpaired) electrons. The molecule has 1 aliphatic rings. The van der Waals surface area contributed by atoms with Crippen LogP contribution in [-0.2, 0) is 6.54 Å². The molecule has 2 atom stereocenters. The zero-order chi connectivity index (χ0) is 15.9. The quantitative estimate of drug-likeness (QED) is 0.408. The molecule has 0 saturated heterocycles. The molecule has 0 heterocycles. The summed E-state index contributed by atoms with van der Waals surface area (Å²) in [6.45, 7) is 0.527. The van der Waals surface area contributed by atoms with Gasteiger partial charge in [0.15, 0.2) is 17.5 Å². The van der Waals surface area contributed by atoms with Gasteiger partial charge in [-0.15, -0.1) is 24.0 Å². The number of ether oxygens (including phenoxy) is 1. The van der Waals surface area contributed by atoms with E-state index in [4.69, 9.17) is 4.74 Å². The van der Waals surface area contributed by atoms with E-state index in [9.17, 15) is 4.39 Å². The third kappa shape index (κ3) is 6.02. The minimum Gasteiger partial charge on any atom is -0.494 e. The second-order valence-corrected chi connectivity index (χ2v) is 6.54. The van der Waals surface area contributed by atoms with Crippen LogP contribution in [0.15, 0.2) is 23.2 Å². The van der Waals surface area contributed by atoms with Crippen molar-refractivity contribution in [3.8, 4) is 5.75 Å². The predicted molar refractivity (Wildman–Crippen MR) is 107 cm³/mol. The van der Waals surface area contributed by atoms with Gasteiger partial charge in [-0.05, 0) is 43.2 Å². The molecule has 2 unspecified atom stereocenters. The van der Waals surface area contributed by atoms with Crippen molar-refractivity contribution in [3.05, 3.63) is 29.6 Å². The molecule has 2 N–H and O–H groups in total. The average Bonchev–Trinajstić information content (AvgIpc) is 2.99. The molecule has 130 valence electrons. The number of guanidine groups is 1. The van der Waals surface area contributed by atoms with Crippen LogP contribution in [0, 0.1) is 5.82 Å². The number of aliphatic imine (C=N–C) groups is 1. The molecule has 7 heteroatoms. The molecule has 23 heavy (non-hydrogen) atoms. The highest BCUT2D eigenvalue weighted by molar-refractivity contribution is 14.0. The maximum absolute atomic E-state index is 13.7. The molecular formula is C16H25FIN3OS. The summed E-state index contributed by atoms with van der Waals surface area (Å²) in [4.78, 5) is 4.24. The van der Waals surface area contributed by atoms with Crippen LogP contribution in [0.1, 0.15) is 24.8 Å². The van der Waals surface area contributed by atoms with Crippen LogP contribution < -0.4 is 15.4 Å². The largest absolute Gasteiger partial charge is 0.494 e. The van der Waals surface area contributed by atoms with Crippen molar-refractivity contribution in [1.29, 1.82) is 0 Å². The first-order valence-corrected chi connectivity index (χ1v) is 8.77. The Hall–Kier alpha value is -0.700. The topological polar surface area (TPSA) is 45.7 Å². The number of hydrogen-bond acceptors (Lipinski definition) is 3. The van der Waals surface area contributed by atoms with Gasteiger partial charge < -0.3 is 15.4 Å². The number of nitrogens with one attached hydrogen (secondary N) is 2. The lowest BCUT2D eigenvalue weighted by molar-refractivity contribution is 0.386. The van der Waals surface area contributed by atoms with E-state index in [-0.39, 0.29) is 35.5 Å².